The lowest BCUT2D eigenvalue weighted by atomic mass is 9.96. The van der Waals surface area contributed by atoms with Crippen LogP contribution in [0.2, 0.25) is 0 Å². The number of benzene rings is 3. The van der Waals surface area contributed by atoms with E-state index >= 15 is 0 Å². The van der Waals surface area contributed by atoms with E-state index in [2.05, 4.69) is 32.8 Å². The maximum absolute atomic E-state index is 11.4. The van der Waals surface area contributed by atoms with Crippen LogP contribution in [0, 0.1) is 11.8 Å². The molecule has 5 heteroatoms. The van der Waals surface area contributed by atoms with Gasteiger partial charge in [0.25, 0.3) is 0 Å². The predicted molar refractivity (Wildman–Crippen MR) is 129 cm³/mol. The lowest BCUT2D eigenvalue weighted by Gasteiger charge is -2.14. The Kier molecular flexibility index (Phi) is 6.64. The van der Waals surface area contributed by atoms with E-state index in [9.17, 15) is 9.90 Å². The van der Waals surface area contributed by atoms with Crippen LogP contribution in [0.3, 0.4) is 0 Å². The van der Waals surface area contributed by atoms with Crippen LogP contribution in [-0.2, 0) is 0 Å². The summed E-state index contributed by atoms with van der Waals surface area (Å²) in [6.45, 7) is 0.235. The van der Waals surface area contributed by atoms with Crippen molar-refractivity contribution in [3.63, 3.8) is 0 Å². The van der Waals surface area contributed by atoms with Crippen LogP contribution in [0.1, 0.15) is 16.1 Å². The quantitative estimate of drug-likeness (QED) is 0.338. The number of carbonyl (C=O) groups is 1. The summed E-state index contributed by atoms with van der Waals surface area (Å²) < 4.78 is 6.91. The fourth-order valence-electron chi connectivity index (χ4n) is 3.26. The summed E-state index contributed by atoms with van der Waals surface area (Å²) in [4.78, 5) is 15.7. The fraction of sp³-hybridized carbons (Fsp3) is 0.0370. The van der Waals surface area contributed by atoms with Crippen molar-refractivity contribution in [3.8, 4) is 40.0 Å². The van der Waals surface area contributed by atoms with Gasteiger partial charge in [-0.25, -0.2) is 9.78 Å². The van der Waals surface area contributed by atoms with Crippen molar-refractivity contribution in [2.75, 3.05) is 6.61 Å². The number of nitrogens with zero attached hydrogens (tertiary/aromatic N) is 1. The van der Waals surface area contributed by atoms with Gasteiger partial charge in [0, 0.05) is 21.2 Å². The Morgan fingerprint density at radius 3 is 2.41 bits per heavy atom. The van der Waals surface area contributed by atoms with Gasteiger partial charge < -0.3 is 9.84 Å². The molecule has 1 heterocycles. The molecule has 3 aromatic carbocycles. The zero-order valence-corrected chi connectivity index (χ0v) is 18.5. The summed E-state index contributed by atoms with van der Waals surface area (Å²) in [5.41, 5.74) is 4.07. The molecule has 0 amide bonds. The predicted octanol–water partition coefficient (Wildman–Crippen LogP) is 6.31. The SMILES string of the molecule is O=C(O)c1cccc(-c2ccccc2-c2cc(Br)ccc2OCC#Cc2ccccc2)n1. The van der Waals surface area contributed by atoms with Gasteiger partial charge in [0.15, 0.2) is 0 Å². The first kappa shape index (κ1) is 21.4. The van der Waals surface area contributed by atoms with Gasteiger partial charge in [-0.2, -0.15) is 0 Å². The van der Waals surface area contributed by atoms with Crippen LogP contribution in [0.15, 0.2) is 95.5 Å². The minimum Gasteiger partial charge on any atom is -0.480 e. The number of ether oxygens (including phenoxy) is 1. The Morgan fingerprint density at radius 2 is 1.62 bits per heavy atom. The first-order chi connectivity index (χ1) is 15.6. The van der Waals surface area contributed by atoms with Crippen molar-refractivity contribution in [1.29, 1.82) is 0 Å². The van der Waals surface area contributed by atoms with Gasteiger partial charge in [0.05, 0.1) is 5.69 Å². The van der Waals surface area contributed by atoms with E-state index in [1.54, 1.807) is 12.1 Å². The van der Waals surface area contributed by atoms with E-state index in [4.69, 9.17) is 4.74 Å². The van der Waals surface area contributed by atoms with Gasteiger partial charge >= 0.3 is 5.97 Å². The molecule has 4 nitrogen and oxygen atoms in total. The highest BCUT2D eigenvalue weighted by molar-refractivity contribution is 9.10. The Morgan fingerprint density at radius 1 is 0.875 bits per heavy atom. The topological polar surface area (TPSA) is 59.4 Å². The molecule has 0 aliphatic heterocycles. The summed E-state index contributed by atoms with van der Waals surface area (Å²) in [6.07, 6.45) is 0. The van der Waals surface area contributed by atoms with Crippen molar-refractivity contribution in [1.82, 2.24) is 4.98 Å². The van der Waals surface area contributed by atoms with Crippen molar-refractivity contribution in [2.24, 2.45) is 0 Å². The number of pyridine rings is 1. The van der Waals surface area contributed by atoms with Crippen LogP contribution in [0.4, 0.5) is 0 Å². The summed E-state index contributed by atoms with van der Waals surface area (Å²) in [6, 6.07) is 28.2. The third-order valence-electron chi connectivity index (χ3n) is 4.71. The highest BCUT2D eigenvalue weighted by Crippen LogP contribution is 2.38. The van der Waals surface area contributed by atoms with E-state index in [-0.39, 0.29) is 12.3 Å². The monoisotopic (exact) mass is 483 g/mol. The van der Waals surface area contributed by atoms with Crippen molar-refractivity contribution < 1.29 is 14.6 Å². The number of carboxylic acid groups (broad SMARTS) is 1. The van der Waals surface area contributed by atoms with E-state index in [1.807, 2.05) is 72.8 Å². The van der Waals surface area contributed by atoms with E-state index in [1.165, 1.54) is 6.07 Å². The standard InChI is InChI=1S/C27H18BrNO3/c28-20-15-16-26(32-17-7-10-19-8-2-1-3-9-19)23(18-20)21-11-4-5-12-22(21)24-13-6-14-25(29-24)27(30)31/h1-6,8-9,11-16,18H,17H2,(H,30,31). The summed E-state index contributed by atoms with van der Waals surface area (Å²) in [5.74, 6) is 5.75. The molecule has 156 valence electrons. The molecule has 4 rings (SSSR count). The molecule has 1 aromatic heterocycles. The highest BCUT2D eigenvalue weighted by atomic mass is 79.9. The Bertz CT molecular complexity index is 1320. The Hall–Kier alpha value is -3.88. The Labute approximate surface area is 194 Å². The zero-order valence-electron chi connectivity index (χ0n) is 17.0. The molecule has 0 saturated carbocycles. The molecule has 0 atom stereocenters. The number of rotatable bonds is 5. The average molecular weight is 484 g/mol. The van der Waals surface area contributed by atoms with Gasteiger partial charge in [0.1, 0.15) is 18.1 Å². The molecule has 32 heavy (non-hydrogen) atoms. The molecule has 0 unspecified atom stereocenters. The fourth-order valence-corrected chi connectivity index (χ4v) is 3.62. The summed E-state index contributed by atoms with van der Waals surface area (Å²) >= 11 is 3.54. The van der Waals surface area contributed by atoms with Gasteiger partial charge in [-0.1, -0.05) is 76.3 Å². The first-order valence-electron chi connectivity index (χ1n) is 9.88. The number of halogens is 1. The summed E-state index contributed by atoms with van der Waals surface area (Å²) in [7, 11) is 0. The largest absolute Gasteiger partial charge is 0.480 e. The van der Waals surface area contributed by atoms with Crippen LogP contribution in [0.25, 0.3) is 22.4 Å². The second-order valence-corrected chi connectivity index (χ2v) is 7.77. The second kappa shape index (κ2) is 9.95. The Balaban J connectivity index is 1.69. The lowest BCUT2D eigenvalue weighted by molar-refractivity contribution is 0.0690. The van der Waals surface area contributed by atoms with Gasteiger partial charge in [-0.3, -0.25) is 0 Å². The maximum atomic E-state index is 11.4. The molecule has 4 aromatic rings. The molecule has 0 aliphatic carbocycles. The van der Waals surface area contributed by atoms with Crippen LogP contribution in [0.5, 0.6) is 5.75 Å². The van der Waals surface area contributed by atoms with Gasteiger partial charge in [0.2, 0.25) is 0 Å². The van der Waals surface area contributed by atoms with E-state index in [0.717, 1.165) is 26.7 Å². The minimum absolute atomic E-state index is 0.000736. The third-order valence-corrected chi connectivity index (χ3v) is 5.20. The normalized spacial score (nSPS) is 10.2. The lowest BCUT2D eigenvalue weighted by Crippen LogP contribution is -2.01. The van der Waals surface area contributed by atoms with Gasteiger partial charge in [-0.15, -0.1) is 0 Å². The molecule has 0 spiro atoms. The van der Waals surface area contributed by atoms with E-state index < -0.39 is 5.97 Å². The molecule has 0 aliphatic rings. The van der Waals surface area contributed by atoms with Crippen LogP contribution < -0.4 is 4.74 Å². The number of hydrogen-bond acceptors (Lipinski definition) is 3. The molecule has 0 bridgehead atoms. The number of carboxylic acids is 1. The van der Waals surface area contributed by atoms with Crippen LogP contribution >= 0.6 is 15.9 Å². The van der Waals surface area contributed by atoms with Crippen molar-refractivity contribution >= 4 is 21.9 Å². The van der Waals surface area contributed by atoms with Crippen molar-refractivity contribution in [3.05, 3.63) is 107 Å². The summed E-state index contributed by atoms with van der Waals surface area (Å²) in [5, 5.41) is 9.32. The maximum Gasteiger partial charge on any atom is 0.354 e. The zero-order chi connectivity index (χ0) is 22.3. The number of aromatic nitrogens is 1. The first-order valence-corrected chi connectivity index (χ1v) is 10.7. The molecular formula is C27H18BrNO3. The number of hydrogen-bond donors (Lipinski definition) is 1. The van der Waals surface area contributed by atoms with Crippen LogP contribution in [-0.4, -0.2) is 22.7 Å². The highest BCUT2D eigenvalue weighted by Gasteiger charge is 2.15. The third kappa shape index (κ3) is 5.05. The minimum atomic E-state index is -1.06. The second-order valence-electron chi connectivity index (χ2n) is 6.86. The number of aromatic carboxylic acids is 1. The molecule has 0 saturated heterocycles. The smallest absolute Gasteiger partial charge is 0.354 e. The molecule has 0 fully saturated rings. The van der Waals surface area contributed by atoms with Gasteiger partial charge in [-0.05, 0) is 48.0 Å². The van der Waals surface area contributed by atoms with Crippen molar-refractivity contribution in [2.45, 2.75) is 0 Å². The van der Waals surface area contributed by atoms with E-state index in [0.29, 0.717) is 11.4 Å². The molecular weight excluding hydrogens is 466 g/mol. The average Bonchev–Trinajstić information content (AvgIpc) is 2.83. The molecule has 1 N–H and O–H groups in total. The molecule has 0 radical (unpaired) electrons.